The molecule has 0 bridgehead atoms. The monoisotopic (exact) mass is 309 g/mol. The van der Waals surface area contributed by atoms with Crippen LogP contribution >= 0.6 is 11.3 Å². The number of fused-ring (bicyclic) bond motifs is 3. The Morgan fingerprint density at radius 2 is 2.00 bits per heavy atom. The van der Waals surface area contributed by atoms with Crippen LogP contribution in [0.2, 0.25) is 0 Å². The number of hydrogen-bond donors (Lipinski definition) is 0. The van der Waals surface area contributed by atoms with Crippen LogP contribution in [0, 0.1) is 0 Å². The first-order chi connectivity index (χ1) is 10.8. The van der Waals surface area contributed by atoms with Gasteiger partial charge in [0.15, 0.2) is 5.58 Å². The van der Waals surface area contributed by atoms with Crippen molar-refractivity contribution in [2.45, 2.75) is 0 Å². The van der Waals surface area contributed by atoms with Crippen LogP contribution < -0.4 is 0 Å². The molecule has 4 nitrogen and oxygen atoms in total. The Bertz CT molecular complexity index is 999. The van der Waals surface area contributed by atoms with Crippen molar-refractivity contribution in [3.8, 4) is 10.8 Å². The molecule has 108 valence electrons. The molecule has 0 amide bonds. The van der Waals surface area contributed by atoms with E-state index in [2.05, 4.69) is 4.98 Å². The summed E-state index contributed by atoms with van der Waals surface area (Å²) in [5, 5.41) is 2.18. The van der Waals surface area contributed by atoms with Crippen LogP contribution in [0.1, 0.15) is 9.67 Å². The minimum absolute atomic E-state index is 0.349. The third-order valence-electron chi connectivity index (χ3n) is 3.49. The Kier molecular flexibility index (Phi) is 2.94. The molecular formula is C17H11NO3S. The van der Waals surface area contributed by atoms with E-state index in [1.807, 2.05) is 42.5 Å². The van der Waals surface area contributed by atoms with Gasteiger partial charge in [-0.15, -0.1) is 11.3 Å². The highest BCUT2D eigenvalue weighted by molar-refractivity contribution is 7.17. The Morgan fingerprint density at radius 1 is 1.14 bits per heavy atom. The molecule has 0 radical (unpaired) electrons. The van der Waals surface area contributed by atoms with E-state index in [1.165, 1.54) is 18.4 Å². The average Bonchev–Trinajstić information content (AvgIpc) is 3.20. The number of ether oxygens (including phenoxy) is 1. The standard InChI is InChI=1S/C17H11NO3S/c1-20-17(19)14-9-8-13(22-14)16-18-15-11-5-3-2-4-10(11)6-7-12(15)21-16/h2-9H,1H3. The van der Waals surface area contributed by atoms with Crippen molar-refractivity contribution in [3.63, 3.8) is 0 Å². The van der Waals surface area contributed by atoms with Crippen LogP contribution in [0.3, 0.4) is 0 Å². The van der Waals surface area contributed by atoms with E-state index in [0.29, 0.717) is 10.8 Å². The van der Waals surface area contributed by atoms with Gasteiger partial charge in [0.25, 0.3) is 0 Å². The lowest BCUT2D eigenvalue weighted by Gasteiger charge is -1.95. The number of thiophene rings is 1. The van der Waals surface area contributed by atoms with Gasteiger partial charge in [0.1, 0.15) is 10.4 Å². The van der Waals surface area contributed by atoms with Crippen LogP contribution in [-0.2, 0) is 4.74 Å². The number of oxazole rings is 1. The van der Waals surface area contributed by atoms with Gasteiger partial charge >= 0.3 is 5.97 Å². The molecule has 0 aliphatic heterocycles. The Labute approximate surface area is 130 Å². The summed E-state index contributed by atoms with van der Waals surface area (Å²) in [6, 6.07) is 15.5. The lowest BCUT2D eigenvalue weighted by molar-refractivity contribution is 0.0606. The van der Waals surface area contributed by atoms with Gasteiger partial charge in [-0.1, -0.05) is 30.3 Å². The summed E-state index contributed by atoms with van der Waals surface area (Å²) < 4.78 is 10.6. The zero-order valence-electron chi connectivity index (χ0n) is 11.7. The molecule has 4 aromatic rings. The first kappa shape index (κ1) is 13.0. The maximum atomic E-state index is 11.5. The molecule has 0 atom stereocenters. The van der Waals surface area contributed by atoms with Crippen molar-refractivity contribution in [2.24, 2.45) is 0 Å². The maximum absolute atomic E-state index is 11.5. The molecule has 4 rings (SSSR count). The predicted octanol–water partition coefficient (Wildman–Crippen LogP) is 4.50. The third-order valence-corrected chi connectivity index (χ3v) is 4.54. The Morgan fingerprint density at radius 3 is 2.86 bits per heavy atom. The summed E-state index contributed by atoms with van der Waals surface area (Å²) in [5.74, 6) is 0.171. The summed E-state index contributed by atoms with van der Waals surface area (Å²) in [5.41, 5.74) is 1.57. The predicted molar refractivity (Wildman–Crippen MR) is 86.2 cm³/mol. The number of nitrogens with zero attached hydrogens (tertiary/aromatic N) is 1. The van der Waals surface area contributed by atoms with E-state index in [0.717, 1.165) is 26.7 Å². The van der Waals surface area contributed by atoms with Crippen LogP contribution in [-0.4, -0.2) is 18.1 Å². The molecule has 0 fully saturated rings. The van der Waals surface area contributed by atoms with E-state index in [4.69, 9.17) is 9.15 Å². The van der Waals surface area contributed by atoms with E-state index in [-0.39, 0.29) is 5.97 Å². The van der Waals surface area contributed by atoms with Gasteiger partial charge in [0.2, 0.25) is 5.89 Å². The first-order valence-corrected chi connectivity index (χ1v) is 7.55. The summed E-state index contributed by atoms with van der Waals surface area (Å²) in [6.45, 7) is 0. The number of hydrogen-bond acceptors (Lipinski definition) is 5. The molecule has 22 heavy (non-hydrogen) atoms. The zero-order valence-corrected chi connectivity index (χ0v) is 12.5. The van der Waals surface area contributed by atoms with Crippen molar-refractivity contribution in [1.29, 1.82) is 0 Å². The summed E-state index contributed by atoms with van der Waals surface area (Å²) in [6.07, 6.45) is 0. The molecule has 2 aromatic heterocycles. The molecular weight excluding hydrogens is 298 g/mol. The van der Waals surface area contributed by atoms with Crippen LogP contribution in [0.15, 0.2) is 52.9 Å². The smallest absolute Gasteiger partial charge is 0.348 e. The molecule has 5 heteroatoms. The molecule has 0 spiro atoms. The van der Waals surface area contributed by atoms with Gasteiger partial charge < -0.3 is 9.15 Å². The number of carbonyl (C=O) groups is 1. The van der Waals surface area contributed by atoms with Crippen molar-refractivity contribution in [2.75, 3.05) is 7.11 Å². The SMILES string of the molecule is COC(=O)c1ccc(-c2nc3c(ccc4ccccc43)o2)s1. The summed E-state index contributed by atoms with van der Waals surface area (Å²) in [4.78, 5) is 17.5. The van der Waals surface area contributed by atoms with Gasteiger partial charge in [-0.2, -0.15) is 0 Å². The van der Waals surface area contributed by atoms with Crippen LogP contribution in [0.4, 0.5) is 0 Å². The fourth-order valence-electron chi connectivity index (χ4n) is 2.43. The van der Waals surface area contributed by atoms with E-state index >= 15 is 0 Å². The molecule has 0 saturated heterocycles. The number of benzene rings is 2. The highest BCUT2D eigenvalue weighted by Crippen LogP contribution is 2.33. The summed E-state index contributed by atoms with van der Waals surface area (Å²) in [7, 11) is 1.37. The molecule has 2 aromatic carbocycles. The third kappa shape index (κ3) is 1.98. The second-order valence-corrected chi connectivity index (χ2v) is 5.89. The topological polar surface area (TPSA) is 52.3 Å². The largest absolute Gasteiger partial charge is 0.465 e. The van der Waals surface area contributed by atoms with Gasteiger partial charge in [0, 0.05) is 5.39 Å². The molecule has 0 N–H and O–H groups in total. The molecule has 0 saturated carbocycles. The number of carbonyl (C=O) groups excluding carboxylic acids is 1. The lowest BCUT2D eigenvalue weighted by atomic mass is 10.1. The Balaban J connectivity index is 1.87. The molecule has 0 aliphatic carbocycles. The lowest BCUT2D eigenvalue weighted by Crippen LogP contribution is -1.96. The van der Waals surface area contributed by atoms with Gasteiger partial charge in [-0.3, -0.25) is 0 Å². The second-order valence-electron chi connectivity index (χ2n) is 4.81. The molecule has 0 unspecified atom stereocenters. The number of methoxy groups -OCH3 is 1. The zero-order chi connectivity index (χ0) is 15.1. The normalized spacial score (nSPS) is 11.1. The van der Waals surface area contributed by atoms with E-state index in [1.54, 1.807) is 6.07 Å². The number of esters is 1. The first-order valence-electron chi connectivity index (χ1n) is 6.73. The van der Waals surface area contributed by atoms with Crippen molar-refractivity contribution in [1.82, 2.24) is 4.98 Å². The van der Waals surface area contributed by atoms with Crippen LogP contribution in [0.5, 0.6) is 0 Å². The van der Waals surface area contributed by atoms with Crippen molar-refractivity contribution in [3.05, 3.63) is 53.4 Å². The van der Waals surface area contributed by atoms with Crippen molar-refractivity contribution >= 4 is 39.2 Å². The van der Waals surface area contributed by atoms with Gasteiger partial charge in [-0.25, -0.2) is 9.78 Å². The molecule has 0 aliphatic rings. The maximum Gasteiger partial charge on any atom is 0.348 e. The fraction of sp³-hybridized carbons (Fsp3) is 0.0588. The average molecular weight is 309 g/mol. The molecule has 2 heterocycles. The second kappa shape index (κ2) is 4.96. The highest BCUT2D eigenvalue weighted by atomic mass is 32.1. The minimum Gasteiger partial charge on any atom is -0.465 e. The fourth-order valence-corrected chi connectivity index (χ4v) is 3.28. The number of aromatic nitrogens is 1. The Hall–Kier alpha value is -2.66. The van der Waals surface area contributed by atoms with Gasteiger partial charge in [0.05, 0.1) is 12.0 Å². The summed E-state index contributed by atoms with van der Waals surface area (Å²) >= 11 is 1.31. The highest BCUT2D eigenvalue weighted by Gasteiger charge is 2.15. The van der Waals surface area contributed by atoms with E-state index < -0.39 is 0 Å². The van der Waals surface area contributed by atoms with Gasteiger partial charge in [-0.05, 0) is 23.6 Å². The quantitative estimate of drug-likeness (QED) is 0.512. The van der Waals surface area contributed by atoms with Crippen molar-refractivity contribution < 1.29 is 13.9 Å². The number of rotatable bonds is 2. The van der Waals surface area contributed by atoms with Crippen LogP contribution in [0.25, 0.3) is 32.6 Å². The minimum atomic E-state index is -0.349. The van der Waals surface area contributed by atoms with E-state index in [9.17, 15) is 4.79 Å².